The third-order valence-corrected chi connectivity index (χ3v) is 13.7. The van der Waals surface area contributed by atoms with Crippen molar-refractivity contribution in [3.8, 4) is 0 Å². The Kier molecular flexibility index (Phi) is 10.4. The molecule has 2 aliphatic carbocycles. The van der Waals surface area contributed by atoms with E-state index in [1.54, 1.807) is 0 Å². The van der Waals surface area contributed by atoms with Crippen molar-refractivity contribution in [3.63, 3.8) is 0 Å². The van der Waals surface area contributed by atoms with Gasteiger partial charge in [-0.2, -0.15) is 0 Å². The van der Waals surface area contributed by atoms with E-state index >= 15 is 0 Å². The summed E-state index contributed by atoms with van der Waals surface area (Å²) in [5.74, 6) is 0.341. The summed E-state index contributed by atoms with van der Waals surface area (Å²) in [5.41, 5.74) is 0.207. The Morgan fingerprint density at radius 1 is 0.725 bits per heavy atom. The van der Waals surface area contributed by atoms with Crippen LogP contribution in [0.2, 0.25) is 0 Å². The number of rotatable bonds is 7. The van der Waals surface area contributed by atoms with Gasteiger partial charge >= 0.3 is 18.3 Å². The largest absolute Gasteiger partial charge is 0.450 e. The minimum Gasteiger partial charge on any atom is -0.450 e. The summed E-state index contributed by atoms with van der Waals surface area (Å²) in [4.78, 5) is 58.4. The molecule has 0 bridgehead atoms. The number of carbonyl (C=O) groups excluding carboxylic acids is 4. The van der Waals surface area contributed by atoms with E-state index in [0.29, 0.717) is 48.4 Å². The van der Waals surface area contributed by atoms with Crippen molar-refractivity contribution < 1.29 is 33.4 Å². The molecule has 6 aliphatic heterocycles. The van der Waals surface area contributed by atoms with Crippen molar-refractivity contribution in [1.29, 1.82) is 0 Å². The lowest BCUT2D eigenvalue weighted by molar-refractivity contribution is -0.131. The maximum Gasteiger partial charge on any atom is 0.410 e. The zero-order chi connectivity index (χ0) is 35.9. The molecule has 51 heavy (non-hydrogen) atoms. The Morgan fingerprint density at radius 3 is 1.82 bits per heavy atom. The maximum absolute atomic E-state index is 12.1. The molecule has 0 aromatic heterocycles. The van der Waals surface area contributed by atoms with Gasteiger partial charge < -0.3 is 44.0 Å². The lowest BCUT2D eigenvalue weighted by atomic mass is 9.64. The number of amides is 4. The van der Waals surface area contributed by atoms with E-state index < -0.39 is 0 Å². The molecule has 0 atom stereocenters. The van der Waals surface area contributed by atoms with Gasteiger partial charge in [0.2, 0.25) is 5.91 Å². The van der Waals surface area contributed by atoms with Gasteiger partial charge in [0, 0.05) is 103 Å². The molecular formula is C38H62N6O7. The molecule has 8 rings (SSSR count). The lowest BCUT2D eigenvalue weighted by Crippen LogP contribution is -2.57. The SMILES string of the molecule is CCCC(=O)N1CCC2(CC(N3CCC4(CC3)CNC(=O)O4)C2)C1.CCCN1CC2(CCN(C3CC4(CCN(C(=O)OCC)C4)C3)CC2)OC1=O. The fourth-order valence-corrected chi connectivity index (χ4v) is 10.7. The normalized spacial score (nSPS) is 33.9. The van der Waals surface area contributed by atoms with Gasteiger partial charge in [0.05, 0.1) is 19.7 Å². The zero-order valence-corrected chi connectivity index (χ0v) is 31.4. The van der Waals surface area contributed by atoms with Crippen molar-refractivity contribution in [3.05, 3.63) is 0 Å². The number of ether oxygens (including phenoxy) is 3. The summed E-state index contributed by atoms with van der Waals surface area (Å²) < 4.78 is 16.4. The molecule has 1 N–H and O–H groups in total. The number of likely N-dealkylation sites (tertiary alicyclic amines) is 4. The van der Waals surface area contributed by atoms with Crippen LogP contribution in [-0.4, -0.2) is 151 Å². The van der Waals surface area contributed by atoms with Gasteiger partial charge in [-0.25, -0.2) is 14.4 Å². The first-order chi connectivity index (χ1) is 24.5. The highest BCUT2D eigenvalue weighted by atomic mass is 16.6. The van der Waals surface area contributed by atoms with Crippen LogP contribution in [-0.2, 0) is 19.0 Å². The van der Waals surface area contributed by atoms with Gasteiger partial charge in [-0.15, -0.1) is 0 Å². The summed E-state index contributed by atoms with van der Waals surface area (Å²) in [6.45, 7) is 16.4. The molecular weight excluding hydrogens is 652 g/mol. The van der Waals surface area contributed by atoms with Crippen LogP contribution in [0.5, 0.6) is 0 Å². The van der Waals surface area contributed by atoms with Crippen molar-refractivity contribution in [2.75, 3.05) is 78.6 Å². The van der Waals surface area contributed by atoms with Gasteiger partial charge in [0.15, 0.2) is 0 Å². The number of nitrogens with zero attached hydrogens (tertiary/aromatic N) is 5. The summed E-state index contributed by atoms with van der Waals surface area (Å²) in [6.07, 6.45) is 12.9. The second-order valence-corrected chi connectivity index (χ2v) is 17.3. The minimum atomic E-state index is -0.256. The minimum absolute atomic E-state index is 0.127. The number of piperidine rings is 2. The van der Waals surface area contributed by atoms with E-state index in [0.717, 1.165) is 110 Å². The van der Waals surface area contributed by atoms with Crippen molar-refractivity contribution >= 4 is 24.2 Å². The highest BCUT2D eigenvalue weighted by molar-refractivity contribution is 5.76. The molecule has 8 aliphatic rings. The van der Waals surface area contributed by atoms with Gasteiger partial charge in [-0.3, -0.25) is 4.79 Å². The van der Waals surface area contributed by atoms with E-state index in [9.17, 15) is 19.2 Å². The number of nitrogens with one attached hydrogen (secondary N) is 1. The van der Waals surface area contributed by atoms with Crippen LogP contribution in [0.1, 0.15) is 104 Å². The van der Waals surface area contributed by atoms with Gasteiger partial charge in [0.25, 0.3) is 0 Å². The van der Waals surface area contributed by atoms with Crippen LogP contribution < -0.4 is 5.32 Å². The van der Waals surface area contributed by atoms with Gasteiger partial charge in [-0.05, 0) is 69.1 Å². The molecule has 4 amide bonds. The molecule has 8 fully saturated rings. The second kappa shape index (κ2) is 14.6. The molecule has 6 heterocycles. The topological polar surface area (TPSA) is 124 Å². The first-order valence-corrected chi connectivity index (χ1v) is 20.1. The average Bonchev–Trinajstić information content (AvgIpc) is 3.87. The van der Waals surface area contributed by atoms with E-state index in [4.69, 9.17) is 14.2 Å². The van der Waals surface area contributed by atoms with Crippen LogP contribution in [0.3, 0.4) is 0 Å². The molecule has 6 saturated heterocycles. The van der Waals surface area contributed by atoms with Crippen LogP contribution in [0.25, 0.3) is 0 Å². The number of carbonyl (C=O) groups is 4. The number of alkyl carbamates (subject to hydrolysis) is 1. The van der Waals surface area contributed by atoms with Crippen molar-refractivity contribution in [1.82, 2.24) is 29.8 Å². The molecule has 13 nitrogen and oxygen atoms in total. The first-order valence-electron chi connectivity index (χ1n) is 20.1. The Morgan fingerprint density at radius 2 is 1.29 bits per heavy atom. The fraction of sp³-hybridized carbons (Fsp3) is 0.895. The highest BCUT2D eigenvalue weighted by Crippen LogP contribution is 2.52. The fourth-order valence-electron chi connectivity index (χ4n) is 10.7. The summed E-state index contributed by atoms with van der Waals surface area (Å²) >= 11 is 0. The molecule has 286 valence electrons. The standard InChI is InChI=1S/C20H33N3O4.C18H29N3O3/c1-3-8-22-15-20(27-18(22)25)6-10-21(11-7-20)16-12-19(13-16)5-9-23(14-19)17(24)26-4-2;1-2-3-15(22)21-7-4-17(13-21)10-14(11-17)20-8-5-18(6-9-20)12-19-16(23)24-18/h16H,3-15H2,1-2H3;14H,2-13H2,1H3,(H,19,23). The predicted octanol–water partition coefficient (Wildman–Crippen LogP) is 4.44. The smallest absolute Gasteiger partial charge is 0.410 e. The van der Waals surface area contributed by atoms with Crippen LogP contribution in [0.4, 0.5) is 14.4 Å². The Bertz CT molecular complexity index is 1300. The summed E-state index contributed by atoms with van der Waals surface area (Å²) in [6, 6.07) is 1.28. The number of hydrogen-bond donors (Lipinski definition) is 1. The zero-order valence-electron chi connectivity index (χ0n) is 31.4. The molecule has 0 aromatic rings. The first kappa shape index (κ1) is 36.6. The quantitative estimate of drug-likeness (QED) is 0.382. The highest BCUT2D eigenvalue weighted by Gasteiger charge is 2.55. The van der Waals surface area contributed by atoms with E-state index in [2.05, 4.69) is 33.9 Å². The van der Waals surface area contributed by atoms with E-state index in [1.165, 1.54) is 32.1 Å². The predicted molar refractivity (Wildman–Crippen MR) is 190 cm³/mol. The Labute approximate surface area is 304 Å². The molecule has 0 radical (unpaired) electrons. The molecule has 0 aromatic carbocycles. The molecule has 13 heteroatoms. The Hall–Kier alpha value is -2.80. The third-order valence-electron chi connectivity index (χ3n) is 13.7. The molecule has 4 spiro atoms. The lowest BCUT2D eigenvalue weighted by Gasteiger charge is -2.52. The van der Waals surface area contributed by atoms with Gasteiger partial charge in [-0.1, -0.05) is 13.8 Å². The monoisotopic (exact) mass is 714 g/mol. The van der Waals surface area contributed by atoms with Crippen molar-refractivity contribution in [2.24, 2.45) is 10.8 Å². The molecule has 0 unspecified atom stereocenters. The Balaban J connectivity index is 0.000000160. The molecule has 2 saturated carbocycles. The second-order valence-electron chi connectivity index (χ2n) is 17.3. The van der Waals surface area contributed by atoms with Crippen molar-refractivity contribution in [2.45, 2.75) is 128 Å². The van der Waals surface area contributed by atoms with E-state index in [-0.39, 0.29) is 29.5 Å². The van der Waals surface area contributed by atoms with E-state index in [1.807, 2.05) is 16.7 Å². The average molecular weight is 715 g/mol. The third kappa shape index (κ3) is 7.53. The van der Waals surface area contributed by atoms with Crippen LogP contribution in [0, 0.1) is 10.8 Å². The number of hydrogen-bond acceptors (Lipinski definition) is 9. The summed E-state index contributed by atoms with van der Waals surface area (Å²) in [5, 5.41) is 2.80. The maximum atomic E-state index is 12.1. The van der Waals surface area contributed by atoms with Gasteiger partial charge in [0.1, 0.15) is 11.2 Å². The van der Waals surface area contributed by atoms with Crippen LogP contribution in [0.15, 0.2) is 0 Å². The van der Waals surface area contributed by atoms with Crippen LogP contribution >= 0.6 is 0 Å². The summed E-state index contributed by atoms with van der Waals surface area (Å²) in [7, 11) is 0.